The summed E-state index contributed by atoms with van der Waals surface area (Å²) in [6, 6.07) is 9.65. The zero-order valence-electron chi connectivity index (χ0n) is 13.2. The number of anilines is 1. The van der Waals surface area contributed by atoms with Gasteiger partial charge in [0.2, 0.25) is 0 Å². The van der Waals surface area contributed by atoms with Crippen molar-refractivity contribution >= 4 is 24.0 Å². The molecule has 3 rings (SSSR count). The second-order valence-electron chi connectivity index (χ2n) is 5.41. The lowest BCUT2D eigenvalue weighted by molar-refractivity contribution is -0.128. The van der Waals surface area contributed by atoms with Crippen molar-refractivity contribution in [1.82, 2.24) is 15.1 Å². The Morgan fingerprint density at radius 3 is 2.83 bits per heavy atom. The van der Waals surface area contributed by atoms with E-state index in [1.165, 1.54) is 0 Å². The van der Waals surface area contributed by atoms with Crippen LogP contribution in [0.1, 0.15) is 11.4 Å². The number of carbonyl (C=O) groups is 1. The average Bonchev–Trinajstić information content (AvgIpc) is 2.87. The van der Waals surface area contributed by atoms with Gasteiger partial charge < -0.3 is 15.4 Å². The molecule has 1 saturated heterocycles. The van der Waals surface area contributed by atoms with Gasteiger partial charge >= 0.3 is 0 Å². The summed E-state index contributed by atoms with van der Waals surface area (Å²) < 4.78 is 7.33. The number of carbonyl (C=O) groups excluding carboxylic acids is 1. The minimum absolute atomic E-state index is 0. The number of nitrogens with one attached hydrogen (secondary N) is 2. The zero-order valence-corrected chi connectivity index (χ0v) is 14.0. The number of aryl methyl sites for hydroxylation is 2. The number of para-hydroxylation sites is 2. The third-order valence-electron chi connectivity index (χ3n) is 3.62. The highest BCUT2D eigenvalue weighted by Crippen LogP contribution is 2.22. The largest absolute Gasteiger partial charge is 0.366 e. The van der Waals surface area contributed by atoms with Gasteiger partial charge in [0, 0.05) is 18.8 Å². The average molecular weight is 337 g/mol. The van der Waals surface area contributed by atoms with Crippen LogP contribution in [-0.4, -0.2) is 41.5 Å². The van der Waals surface area contributed by atoms with E-state index in [1.54, 1.807) is 0 Å². The predicted octanol–water partition coefficient (Wildman–Crippen LogP) is 1.84. The van der Waals surface area contributed by atoms with Gasteiger partial charge in [0.05, 0.1) is 23.7 Å². The van der Waals surface area contributed by atoms with E-state index in [-0.39, 0.29) is 18.3 Å². The summed E-state index contributed by atoms with van der Waals surface area (Å²) in [5.41, 5.74) is 3.55. The van der Waals surface area contributed by atoms with E-state index in [0.29, 0.717) is 13.2 Å². The number of amides is 1. The number of aromatic nitrogens is 2. The maximum absolute atomic E-state index is 12.3. The molecule has 1 aliphatic heterocycles. The SMILES string of the molecule is Cc1cc(C)n(-c2ccccc2NC(=O)C2CNCCO2)n1.Cl. The molecule has 2 heterocycles. The van der Waals surface area contributed by atoms with Crippen molar-refractivity contribution in [2.75, 3.05) is 25.0 Å². The Bertz CT molecular complexity index is 680. The molecule has 0 aliphatic carbocycles. The van der Waals surface area contributed by atoms with Gasteiger partial charge in [-0.3, -0.25) is 4.79 Å². The zero-order chi connectivity index (χ0) is 15.5. The lowest BCUT2D eigenvalue weighted by Gasteiger charge is -2.23. The molecule has 6 nitrogen and oxygen atoms in total. The van der Waals surface area contributed by atoms with E-state index in [2.05, 4.69) is 15.7 Å². The summed E-state index contributed by atoms with van der Waals surface area (Å²) in [5, 5.41) is 10.6. The first-order chi connectivity index (χ1) is 10.6. The first-order valence-corrected chi connectivity index (χ1v) is 7.41. The van der Waals surface area contributed by atoms with Crippen molar-refractivity contribution in [1.29, 1.82) is 0 Å². The molecule has 0 bridgehead atoms. The number of morpholine rings is 1. The minimum atomic E-state index is -0.456. The summed E-state index contributed by atoms with van der Waals surface area (Å²) in [4.78, 5) is 12.3. The standard InChI is InChI=1S/C16H20N4O2.ClH/c1-11-9-12(2)20(19-11)14-6-4-3-5-13(14)18-16(21)15-10-17-7-8-22-15;/h3-6,9,15,17H,7-8,10H2,1-2H3,(H,18,21);1H. The van der Waals surface area contributed by atoms with Crippen molar-refractivity contribution in [3.8, 4) is 5.69 Å². The second-order valence-corrected chi connectivity index (χ2v) is 5.41. The Balaban J connectivity index is 0.00000192. The summed E-state index contributed by atoms with van der Waals surface area (Å²) in [6.45, 7) is 5.82. The Morgan fingerprint density at radius 2 is 2.17 bits per heavy atom. The number of hydrogen-bond donors (Lipinski definition) is 2. The number of ether oxygens (including phenoxy) is 1. The van der Waals surface area contributed by atoms with Crippen LogP contribution in [0.2, 0.25) is 0 Å². The number of nitrogens with zero attached hydrogens (tertiary/aromatic N) is 2. The topological polar surface area (TPSA) is 68.2 Å². The van der Waals surface area contributed by atoms with Gasteiger partial charge in [-0.1, -0.05) is 12.1 Å². The molecule has 1 aliphatic rings. The number of rotatable bonds is 3. The van der Waals surface area contributed by atoms with Gasteiger partial charge in [-0.05, 0) is 32.0 Å². The van der Waals surface area contributed by atoms with Gasteiger partial charge in [0.1, 0.15) is 6.10 Å². The maximum atomic E-state index is 12.3. The predicted molar refractivity (Wildman–Crippen MR) is 91.5 cm³/mol. The molecule has 1 aromatic carbocycles. The Kier molecular flexibility index (Phi) is 5.76. The minimum Gasteiger partial charge on any atom is -0.366 e. The van der Waals surface area contributed by atoms with E-state index in [4.69, 9.17) is 4.74 Å². The first-order valence-electron chi connectivity index (χ1n) is 7.41. The van der Waals surface area contributed by atoms with Crippen LogP contribution < -0.4 is 10.6 Å². The van der Waals surface area contributed by atoms with Gasteiger partial charge in [-0.25, -0.2) is 4.68 Å². The third kappa shape index (κ3) is 3.90. The Hall–Kier alpha value is -1.89. The highest BCUT2D eigenvalue weighted by molar-refractivity contribution is 5.96. The molecule has 1 aromatic heterocycles. The van der Waals surface area contributed by atoms with E-state index >= 15 is 0 Å². The lowest BCUT2D eigenvalue weighted by atomic mass is 10.2. The molecule has 1 unspecified atom stereocenters. The molecule has 23 heavy (non-hydrogen) atoms. The van der Waals surface area contributed by atoms with Gasteiger partial charge in [-0.15, -0.1) is 12.4 Å². The fourth-order valence-corrected chi connectivity index (χ4v) is 2.58. The van der Waals surface area contributed by atoms with Crippen LogP contribution in [-0.2, 0) is 9.53 Å². The van der Waals surface area contributed by atoms with Crippen LogP contribution in [0, 0.1) is 13.8 Å². The van der Waals surface area contributed by atoms with E-state index < -0.39 is 6.10 Å². The smallest absolute Gasteiger partial charge is 0.254 e. The number of hydrogen-bond acceptors (Lipinski definition) is 4. The quantitative estimate of drug-likeness (QED) is 0.897. The van der Waals surface area contributed by atoms with Crippen LogP contribution in [0.25, 0.3) is 5.69 Å². The lowest BCUT2D eigenvalue weighted by Crippen LogP contribution is -2.45. The second kappa shape index (κ2) is 7.59. The normalized spacial score (nSPS) is 17.4. The summed E-state index contributed by atoms with van der Waals surface area (Å²) in [5.74, 6) is -0.138. The van der Waals surface area contributed by atoms with Crippen molar-refractivity contribution in [2.24, 2.45) is 0 Å². The molecule has 2 aromatic rings. The van der Waals surface area contributed by atoms with E-state index in [0.717, 1.165) is 29.3 Å². The summed E-state index contributed by atoms with van der Waals surface area (Å²) in [7, 11) is 0. The fourth-order valence-electron chi connectivity index (χ4n) is 2.58. The van der Waals surface area contributed by atoms with Crippen LogP contribution in [0.3, 0.4) is 0 Å². The molecular weight excluding hydrogens is 316 g/mol. The monoisotopic (exact) mass is 336 g/mol. The van der Waals surface area contributed by atoms with Crippen molar-refractivity contribution in [3.05, 3.63) is 41.7 Å². The molecular formula is C16H21ClN4O2. The van der Waals surface area contributed by atoms with Gasteiger partial charge in [-0.2, -0.15) is 5.10 Å². The van der Waals surface area contributed by atoms with Crippen LogP contribution in [0.5, 0.6) is 0 Å². The maximum Gasteiger partial charge on any atom is 0.254 e. The van der Waals surface area contributed by atoms with Gasteiger partial charge in [0.25, 0.3) is 5.91 Å². The molecule has 0 radical (unpaired) electrons. The van der Waals surface area contributed by atoms with Crippen molar-refractivity contribution < 1.29 is 9.53 Å². The highest BCUT2D eigenvalue weighted by Gasteiger charge is 2.22. The first kappa shape index (κ1) is 17.5. The van der Waals surface area contributed by atoms with Gasteiger partial charge in [0.15, 0.2) is 0 Å². The Morgan fingerprint density at radius 1 is 1.39 bits per heavy atom. The molecule has 124 valence electrons. The van der Waals surface area contributed by atoms with Crippen molar-refractivity contribution in [3.63, 3.8) is 0 Å². The molecule has 1 fully saturated rings. The summed E-state index contributed by atoms with van der Waals surface area (Å²) in [6.07, 6.45) is -0.456. The highest BCUT2D eigenvalue weighted by atomic mass is 35.5. The fraction of sp³-hybridized carbons (Fsp3) is 0.375. The Labute approximate surface area is 141 Å². The third-order valence-corrected chi connectivity index (χ3v) is 3.62. The van der Waals surface area contributed by atoms with E-state index in [9.17, 15) is 4.79 Å². The van der Waals surface area contributed by atoms with E-state index in [1.807, 2.05) is 48.9 Å². The number of halogens is 1. The summed E-state index contributed by atoms with van der Waals surface area (Å²) >= 11 is 0. The van der Waals surface area contributed by atoms with Crippen molar-refractivity contribution in [2.45, 2.75) is 20.0 Å². The molecule has 1 atom stereocenters. The van der Waals surface area contributed by atoms with Crippen LogP contribution in [0.15, 0.2) is 30.3 Å². The number of benzene rings is 1. The molecule has 2 N–H and O–H groups in total. The molecule has 0 saturated carbocycles. The molecule has 7 heteroatoms. The van der Waals surface area contributed by atoms with Crippen LogP contribution >= 0.6 is 12.4 Å². The van der Waals surface area contributed by atoms with Crippen LogP contribution in [0.4, 0.5) is 5.69 Å². The molecule has 1 amide bonds. The molecule has 0 spiro atoms.